The molecule has 222 valence electrons. The average Bonchev–Trinajstić information content (AvgIpc) is 2.87. The zero-order valence-electron chi connectivity index (χ0n) is 24.1. The van der Waals surface area contributed by atoms with Gasteiger partial charge in [0.05, 0.1) is 12.5 Å². The number of hydrogen-bond donors (Lipinski definition) is 3. The van der Waals surface area contributed by atoms with E-state index in [0.29, 0.717) is 11.1 Å². The van der Waals surface area contributed by atoms with Gasteiger partial charge in [0.25, 0.3) is 11.5 Å². The van der Waals surface area contributed by atoms with Crippen molar-refractivity contribution in [1.82, 2.24) is 15.2 Å². The third-order valence-corrected chi connectivity index (χ3v) is 7.88. The maximum Gasteiger partial charge on any atom is 0.305 e. The first kappa shape index (κ1) is 30.6. The van der Waals surface area contributed by atoms with Crippen LogP contribution in [-0.2, 0) is 16.6 Å². The normalized spacial score (nSPS) is 14.5. The molecule has 0 bridgehead atoms. The van der Waals surface area contributed by atoms with Crippen molar-refractivity contribution in [2.45, 2.75) is 65.0 Å². The van der Waals surface area contributed by atoms with Crippen LogP contribution in [0.1, 0.15) is 70.8 Å². The number of carbonyl (C=O) groups excluding carboxylic acids is 2. The molecule has 0 spiro atoms. The Balaban J connectivity index is 1.69. The van der Waals surface area contributed by atoms with Gasteiger partial charge < -0.3 is 20.3 Å². The Bertz CT molecular complexity index is 1570. The van der Waals surface area contributed by atoms with Crippen molar-refractivity contribution in [3.05, 3.63) is 92.4 Å². The lowest BCUT2D eigenvalue weighted by Crippen LogP contribution is -2.50. The van der Waals surface area contributed by atoms with Crippen LogP contribution in [0.2, 0.25) is 0 Å². The molecule has 1 heterocycles. The van der Waals surface area contributed by atoms with Gasteiger partial charge in [0.15, 0.2) is 11.6 Å². The van der Waals surface area contributed by atoms with E-state index in [2.05, 4.69) is 10.6 Å². The van der Waals surface area contributed by atoms with Gasteiger partial charge in [-0.2, -0.15) is 0 Å². The number of pyridine rings is 1. The summed E-state index contributed by atoms with van der Waals surface area (Å²) in [6.07, 6.45) is 3.70. The summed E-state index contributed by atoms with van der Waals surface area (Å²) in [6.45, 7) is 5.62. The van der Waals surface area contributed by atoms with Gasteiger partial charge in [0.2, 0.25) is 5.91 Å². The number of hydrogen-bond acceptors (Lipinski definition) is 4. The fraction of sp³-hybridized carbons (Fsp3) is 0.375. The van der Waals surface area contributed by atoms with E-state index in [4.69, 9.17) is 0 Å². The highest BCUT2D eigenvalue weighted by Crippen LogP contribution is 2.34. The first-order chi connectivity index (χ1) is 19.8. The number of aromatic nitrogens is 1. The Morgan fingerprint density at radius 3 is 2.31 bits per heavy atom. The Hall–Kier alpha value is -4.34. The molecule has 1 aliphatic rings. The number of carbonyl (C=O) groups is 3. The molecule has 0 aliphatic heterocycles. The van der Waals surface area contributed by atoms with Crippen molar-refractivity contribution >= 4 is 17.8 Å². The van der Waals surface area contributed by atoms with Crippen molar-refractivity contribution in [2.24, 2.45) is 13.0 Å². The Morgan fingerprint density at radius 2 is 1.71 bits per heavy atom. The fourth-order valence-electron chi connectivity index (χ4n) is 5.63. The standard InChI is InChI=1S/C32H35F2N3O5/c1-17-11-18(2)28(19(3)12-17)21-14-23(29(34)24(33)15-21)25(16-27(38)39)35-31(41)26(13-20-7-5-8-20)36-30(40)22-9-6-10-37(4)32(22)42/h6,9-12,14-15,20,25-26H,5,7-8,13,16H2,1-4H3,(H,35,41)(H,36,40)(H,38,39)/t25?,26-/m0/s1. The van der Waals surface area contributed by atoms with Crippen LogP contribution in [0.4, 0.5) is 8.78 Å². The summed E-state index contributed by atoms with van der Waals surface area (Å²) in [5, 5.41) is 14.8. The van der Waals surface area contributed by atoms with E-state index >= 15 is 4.39 Å². The minimum Gasteiger partial charge on any atom is -0.481 e. The van der Waals surface area contributed by atoms with Gasteiger partial charge in [-0.05, 0) is 79.6 Å². The van der Waals surface area contributed by atoms with Gasteiger partial charge in [-0.15, -0.1) is 0 Å². The predicted molar refractivity (Wildman–Crippen MR) is 154 cm³/mol. The van der Waals surface area contributed by atoms with Gasteiger partial charge in [0.1, 0.15) is 11.6 Å². The monoisotopic (exact) mass is 579 g/mol. The van der Waals surface area contributed by atoms with Gasteiger partial charge in [-0.25, -0.2) is 8.78 Å². The third kappa shape index (κ3) is 6.75. The molecule has 3 aromatic rings. The molecule has 1 saturated carbocycles. The molecule has 1 fully saturated rings. The summed E-state index contributed by atoms with van der Waals surface area (Å²) < 4.78 is 31.5. The molecule has 42 heavy (non-hydrogen) atoms. The average molecular weight is 580 g/mol. The second-order valence-electron chi connectivity index (χ2n) is 11.2. The maximum absolute atomic E-state index is 15.3. The molecule has 2 amide bonds. The fourth-order valence-corrected chi connectivity index (χ4v) is 5.63. The molecule has 8 nitrogen and oxygen atoms in total. The second kappa shape index (κ2) is 12.7. The molecule has 0 saturated heterocycles. The summed E-state index contributed by atoms with van der Waals surface area (Å²) in [5.74, 6) is -5.13. The Kier molecular flexibility index (Phi) is 9.23. The summed E-state index contributed by atoms with van der Waals surface area (Å²) >= 11 is 0. The molecule has 4 rings (SSSR count). The van der Waals surface area contributed by atoms with Crippen molar-refractivity contribution in [3.63, 3.8) is 0 Å². The lowest BCUT2D eigenvalue weighted by Gasteiger charge is -2.30. The summed E-state index contributed by atoms with van der Waals surface area (Å²) in [6, 6.07) is 6.57. The van der Waals surface area contributed by atoms with Crippen LogP contribution < -0.4 is 16.2 Å². The molecular weight excluding hydrogens is 544 g/mol. The van der Waals surface area contributed by atoms with Crippen LogP contribution in [0.15, 0.2) is 47.4 Å². The van der Waals surface area contributed by atoms with E-state index in [1.165, 1.54) is 36.0 Å². The number of halogens is 2. The highest BCUT2D eigenvalue weighted by Gasteiger charge is 2.32. The Labute approximate surface area is 242 Å². The number of nitrogens with one attached hydrogen (secondary N) is 2. The molecule has 0 radical (unpaired) electrons. The van der Waals surface area contributed by atoms with Crippen molar-refractivity contribution in [1.29, 1.82) is 0 Å². The van der Waals surface area contributed by atoms with Crippen LogP contribution >= 0.6 is 0 Å². The van der Waals surface area contributed by atoms with Gasteiger partial charge >= 0.3 is 5.97 Å². The maximum atomic E-state index is 15.3. The first-order valence-corrected chi connectivity index (χ1v) is 13.9. The van der Waals surface area contributed by atoms with E-state index in [1.807, 2.05) is 32.9 Å². The number of aryl methyl sites for hydroxylation is 4. The highest BCUT2D eigenvalue weighted by molar-refractivity contribution is 5.97. The van der Waals surface area contributed by atoms with E-state index in [0.717, 1.165) is 42.0 Å². The Morgan fingerprint density at radius 1 is 1.05 bits per heavy atom. The van der Waals surface area contributed by atoms with Crippen LogP contribution in [-0.4, -0.2) is 33.5 Å². The third-order valence-electron chi connectivity index (χ3n) is 7.88. The molecule has 1 aliphatic carbocycles. The molecule has 10 heteroatoms. The molecule has 2 atom stereocenters. The molecule has 3 N–H and O–H groups in total. The molecular formula is C32H35F2N3O5. The topological polar surface area (TPSA) is 118 Å². The van der Waals surface area contributed by atoms with Crippen molar-refractivity contribution in [3.8, 4) is 11.1 Å². The van der Waals surface area contributed by atoms with Crippen molar-refractivity contribution < 1.29 is 28.3 Å². The summed E-state index contributed by atoms with van der Waals surface area (Å²) in [7, 11) is 1.50. The quantitative estimate of drug-likeness (QED) is 0.317. The summed E-state index contributed by atoms with van der Waals surface area (Å²) in [4.78, 5) is 50.9. The van der Waals surface area contributed by atoms with E-state index in [1.54, 1.807) is 0 Å². The van der Waals surface area contributed by atoms with E-state index in [-0.39, 0.29) is 23.5 Å². The number of nitrogens with zero attached hydrogens (tertiary/aromatic N) is 1. The second-order valence-corrected chi connectivity index (χ2v) is 11.2. The number of aliphatic carboxylic acids is 1. The van der Waals surface area contributed by atoms with Crippen LogP contribution in [0, 0.1) is 38.3 Å². The number of benzene rings is 2. The molecule has 2 aromatic carbocycles. The lowest BCUT2D eigenvalue weighted by molar-refractivity contribution is -0.137. The lowest BCUT2D eigenvalue weighted by atomic mass is 9.80. The zero-order chi connectivity index (χ0) is 30.7. The minimum atomic E-state index is -1.43. The number of carboxylic acid groups (broad SMARTS) is 1. The zero-order valence-corrected chi connectivity index (χ0v) is 24.1. The smallest absolute Gasteiger partial charge is 0.305 e. The van der Waals surface area contributed by atoms with Crippen LogP contribution in [0.3, 0.4) is 0 Å². The SMILES string of the molecule is Cc1cc(C)c(-c2cc(F)c(F)c(C(CC(=O)O)NC(=O)[C@H](CC3CCC3)NC(=O)c3cccn(C)c3=O)c2)c(C)c1. The predicted octanol–water partition coefficient (Wildman–Crippen LogP) is 4.88. The highest BCUT2D eigenvalue weighted by atomic mass is 19.2. The van der Waals surface area contributed by atoms with Crippen LogP contribution in [0.5, 0.6) is 0 Å². The van der Waals surface area contributed by atoms with E-state index in [9.17, 15) is 28.7 Å². The van der Waals surface area contributed by atoms with Gasteiger partial charge in [0, 0.05) is 18.8 Å². The van der Waals surface area contributed by atoms with Gasteiger partial charge in [-0.3, -0.25) is 19.2 Å². The van der Waals surface area contributed by atoms with E-state index < -0.39 is 53.5 Å². The number of rotatable bonds is 10. The number of carboxylic acids is 1. The number of amides is 2. The summed E-state index contributed by atoms with van der Waals surface area (Å²) in [5.41, 5.74) is 2.68. The van der Waals surface area contributed by atoms with Crippen LogP contribution in [0.25, 0.3) is 11.1 Å². The first-order valence-electron chi connectivity index (χ1n) is 13.9. The van der Waals surface area contributed by atoms with Gasteiger partial charge in [-0.1, -0.05) is 37.0 Å². The van der Waals surface area contributed by atoms with Crippen molar-refractivity contribution in [2.75, 3.05) is 0 Å². The minimum absolute atomic E-state index is 0.141. The largest absolute Gasteiger partial charge is 0.481 e. The molecule has 1 unspecified atom stereocenters. The molecule has 1 aromatic heterocycles.